The van der Waals surface area contributed by atoms with Crippen LogP contribution in [-0.4, -0.2) is 61.6 Å². The molecule has 0 bridgehead atoms. The molecule has 2 heterocycles. The molecular formula is C17H33IN4. The van der Waals surface area contributed by atoms with Crippen molar-refractivity contribution in [1.82, 2.24) is 15.1 Å². The van der Waals surface area contributed by atoms with Gasteiger partial charge in [-0.3, -0.25) is 4.99 Å². The second-order valence-corrected chi connectivity index (χ2v) is 7.16. The summed E-state index contributed by atoms with van der Waals surface area (Å²) in [7, 11) is 0. The molecule has 1 N–H and O–H groups in total. The van der Waals surface area contributed by atoms with Crippen LogP contribution in [-0.2, 0) is 0 Å². The van der Waals surface area contributed by atoms with Crippen molar-refractivity contribution in [3.05, 3.63) is 0 Å². The van der Waals surface area contributed by atoms with Crippen molar-refractivity contribution in [1.29, 1.82) is 0 Å². The lowest BCUT2D eigenvalue weighted by Crippen LogP contribution is -2.43. The molecule has 0 amide bonds. The van der Waals surface area contributed by atoms with E-state index in [0.717, 1.165) is 19.6 Å². The van der Waals surface area contributed by atoms with Gasteiger partial charge in [0.1, 0.15) is 0 Å². The van der Waals surface area contributed by atoms with Gasteiger partial charge in [-0.1, -0.05) is 12.8 Å². The molecule has 0 atom stereocenters. The van der Waals surface area contributed by atoms with E-state index in [0.29, 0.717) is 5.41 Å². The zero-order valence-corrected chi connectivity index (χ0v) is 16.5. The van der Waals surface area contributed by atoms with E-state index in [9.17, 15) is 0 Å². The molecule has 3 aliphatic rings. The van der Waals surface area contributed by atoms with Crippen molar-refractivity contribution in [2.45, 2.75) is 51.9 Å². The average Bonchev–Trinajstić information content (AvgIpc) is 2.93. The van der Waals surface area contributed by atoms with Crippen LogP contribution in [0.25, 0.3) is 0 Å². The monoisotopic (exact) mass is 420 g/mol. The molecule has 0 radical (unpaired) electrons. The maximum atomic E-state index is 4.90. The lowest BCUT2D eigenvalue weighted by molar-refractivity contribution is 0.151. The van der Waals surface area contributed by atoms with Gasteiger partial charge in [-0.2, -0.15) is 0 Å². The van der Waals surface area contributed by atoms with Crippen molar-refractivity contribution in [2.75, 3.05) is 45.8 Å². The molecule has 0 unspecified atom stereocenters. The van der Waals surface area contributed by atoms with E-state index in [1.807, 2.05) is 0 Å². The Morgan fingerprint density at radius 3 is 2.41 bits per heavy atom. The summed E-state index contributed by atoms with van der Waals surface area (Å²) in [4.78, 5) is 9.99. The Balaban J connectivity index is 0.00000176. The molecule has 5 heteroatoms. The first-order valence-electron chi connectivity index (χ1n) is 9.07. The fraction of sp³-hybridized carbons (Fsp3) is 0.941. The Morgan fingerprint density at radius 1 is 1.05 bits per heavy atom. The first-order chi connectivity index (χ1) is 10.3. The second kappa shape index (κ2) is 8.71. The summed E-state index contributed by atoms with van der Waals surface area (Å²) in [5.41, 5.74) is 0.656. The summed E-state index contributed by atoms with van der Waals surface area (Å²) >= 11 is 0. The van der Waals surface area contributed by atoms with E-state index in [2.05, 4.69) is 22.0 Å². The number of hydrogen-bond acceptors (Lipinski definition) is 2. The smallest absolute Gasteiger partial charge is 0.193 e. The zero-order chi connectivity index (χ0) is 14.5. The highest BCUT2D eigenvalue weighted by Gasteiger charge is 2.43. The third-order valence-corrected chi connectivity index (χ3v) is 5.61. The van der Waals surface area contributed by atoms with E-state index < -0.39 is 0 Å². The molecule has 1 aliphatic carbocycles. The Morgan fingerprint density at radius 2 is 1.82 bits per heavy atom. The molecule has 4 nitrogen and oxygen atoms in total. The Hall–Kier alpha value is -0.0400. The van der Waals surface area contributed by atoms with Gasteiger partial charge in [0.15, 0.2) is 5.96 Å². The van der Waals surface area contributed by atoms with Crippen LogP contribution in [0.5, 0.6) is 0 Å². The summed E-state index contributed by atoms with van der Waals surface area (Å²) in [6.45, 7) is 10.2. The van der Waals surface area contributed by atoms with E-state index in [-0.39, 0.29) is 24.0 Å². The van der Waals surface area contributed by atoms with Crippen molar-refractivity contribution in [2.24, 2.45) is 10.4 Å². The minimum Gasteiger partial charge on any atom is -0.357 e. The molecular weight excluding hydrogens is 387 g/mol. The number of halogens is 1. The maximum Gasteiger partial charge on any atom is 0.193 e. The lowest BCUT2D eigenvalue weighted by Gasteiger charge is -2.38. The number of piperidine rings is 1. The van der Waals surface area contributed by atoms with Crippen LogP contribution in [0.1, 0.15) is 51.9 Å². The van der Waals surface area contributed by atoms with Crippen LogP contribution < -0.4 is 5.32 Å². The normalized spacial score (nSPS) is 25.0. The summed E-state index contributed by atoms with van der Waals surface area (Å²) < 4.78 is 0. The summed E-state index contributed by atoms with van der Waals surface area (Å²) in [6, 6.07) is 0. The summed E-state index contributed by atoms with van der Waals surface area (Å²) in [5, 5.41) is 3.51. The Labute approximate surface area is 153 Å². The molecule has 22 heavy (non-hydrogen) atoms. The number of nitrogens with zero attached hydrogens (tertiary/aromatic N) is 3. The number of likely N-dealkylation sites (tertiary alicyclic amines) is 2. The van der Waals surface area contributed by atoms with E-state index in [1.165, 1.54) is 77.1 Å². The van der Waals surface area contributed by atoms with Crippen molar-refractivity contribution in [3.63, 3.8) is 0 Å². The van der Waals surface area contributed by atoms with Crippen LogP contribution in [0, 0.1) is 5.41 Å². The van der Waals surface area contributed by atoms with Gasteiger partial charge >= 0.3 is 0 Å². The third kappa shape index (κ3) is 4.49. The SMILES string of the molecule is CCNC(=NCCN1CCCCC1)N1CCC2(CCC2)C1.I. The number of guanidine groups is 1. The van der Waals surface area contributed by atoms with Gasteiger partial charge in [0.05, 0.1) is 6.54 Å². The fourth-order valence-electron chi connectivity index (χ4n) is 4.11. The molecule has 0 aromatic rings. The molecule has 3 rings (SSSR count). The molecule has 1 saturated carbocycles. The van der Waals surface area contributed by atoms with Crippen LogP contribution in [0.15, 0.2) is 4.99 Å². The standard InChI is InChI=1S/C17H32N4.HI/c1-2-18-16(19-10-14-20-11-4-3-5-12-20)21-13-9-17(15-21)7-6-8-17;/h2-15H2,1H3,(H,18,19);1H. The largest absolute Gasteiger partial charge is 0.357 e. The van der Waals surface area contributed by atoms with Crippen molar-refractivity contribution < 1.29 is 0 Å². The van der Waals surface area contributed by atoms with Crippen LogP contribution >= 0.6 is 24.0 Å². The van der Waals surface area contributed by atoms with E-state index >= 15 is 0 Å². The van der Waals surface area contributed by atoms with Gasteiger partial charge < -0.3 is 15.1 Å². The van der Waals surface area contributed by atoms with E-state index in [4.69, 9.17) is 4.99 Å². The van der Waals surface area contributed by atoms with Gasteiger partial charge in [-0.05, 0) is 57.5 Å². The molecule has 0 aromatic heterocycles. The highest BCUT2D eigenvalue weighted by atomic mass is 127. The Kier molecular flexibility index (Phi) is 7.25. The molecule has 2 aliphatic heterocycles. The molecule has 2 saturated heterocycles. The highest BCUT2D eigenvalue weighted by molar-refractivity contribution is 14.0. The highest BCUT2D eigenvalue weighted by Crippen LogP contribution is 2.47. The van der Waals surface area contributed by atoms with Gasteiger partial charge in [-0.25, -0.2) is 0 Å². The summed E-state index contributed by atoms with van der Waals surface area (Å²) in [5.74, 6) is 1.17. The second-order valence-electron chi connectivity index (χ2n) is 7.16. The maximum absolute atomic E-state index is 4.90. The van der Waals surface area contributed by atoms with Gasteiger partial charge in [0, 0.05) is 26.2 Å². The number of rotatable bonds is 4. The predicted octanol–water partition coefficient (Wildman–Crippen LogP) is 2.93. The van der Waals surface area contributed by atoms with Crippen molar-refractivity contribution >= 4 is 29.9 Å². The number of hydrogen-bond donors (Lipinski definition) is 1. The third-order valence-electron chi connectivity index (χ3n) is 5.61. The topological polar surface area (TPSA) is 30.9 Å². The quantitative estimate of drug-likeness (QED) is 0.431. The molecule has 3 fully saturated rings. The van der Waals surface area contributed by atoms with Gasteiger partial charge in [-0.15, -0.1) is 24.0 Å². The Bertz CT molecular complexity index is 362. The van der Waals surface area contributed by atoms with Crippen LogP contribution in [0.2, 0.25) is 0 Å². The minimum atomic E-state index is 0. The predicted molar refractivity (Wildman–Crippen MR) is 104 cm³/mol. The van der Waals surface area contributed by atoms with E-state index in [1.54, 1.807) is 0 Å². The molecule has 1 spiro atoms. The van der Waals surface area contributed by atoms with Crippen molar-refractivity contribution in [3.8, 4) is 0 Å². The van der Waals surface area contributed by atoms with Crippen LogP contribution in [0.4, 0.5) is 0 Å². The number of nitrogens with one attached hydrogen (secondary N) is 1. The van der Waals surface area contributed by atoms with Crippen LogP contribution in [0.3, 0.4) is 0 Å². The molecule has 128 valence electrons. The zero-order valence-electron chi connectivity index (χ0n) is 14.1. The first-order valence-corrected chi connectivity index (χ1v) is 9.07. The first kappa shape index (κ1) is 18.3. The molecule has 0 aromatic carbocycles. The summed E-state index contributed by atoms with van der Waals surface area (Å²) in [6.07, 6.45) is 9.86. The fourth-order valence-corrected chi connectivity index (χ4v) is 4.11. The average molecular weight is 420 g/mol. The minimum absolute atomic E-state index is 0. The van der Waals surface area contributed by atoms with Gasteiger partial charge in [0.25, 0.3) is 0 Å². The lowest BCUT2D eigenvalue weighted by atomic mass is 9.68. The number of aliphatic imine (C=N–C) groups is 1. The van der Waals surface area contributed by atoms with Gasteiger partial charge in [0.2, 0.25) is 0 Å².